The first-order valence-corrected chi connectivity index (χ1v) is 8.65. The Bertz CT molecular complexity index is 529. The first kappa shape index (κ1) is 15.1. The lowest BCUT2D eigenvalue weighted by Gasteiger charge is -2.41. The van der Waals surface area contributed by atoms with Gasteiger partial charge in [0, 0.05) is 38.1 Å². The highest BCUT2D eigenvalue weighted by molar-refractivity contribution is 5.79. The summed E-state index contributed by atoms with van der Waals surface area (Å²) in [7, 11) is 0. The van der Waals surface area contributed by atoms with Gasteiger partial charge < -0.3 is 18.9 Å². The largest absolute Gasteiger partial charge is 0.381 e. The molecule has 3 atom stereocenters. The molecule has 4 rings (SSSR count). The Morgan fingerprint density at radius 3 is 2.65 bits per heavy atom. The van der Waals surface area contributed by atoms with Gasteiger partial charge in [-0.25, -0.2) is 0 Å². The quantitative estimate of drug-likeness (QED) is 0.820. The van der Waals surface area contributed by atoms with E-state index in [0.717, 1.165) is 38.8 Å². The van der Waals surface area contributed by atoms with Crippen LogP contribution in [-0.4, -0.2) is 64.1 Å². The van der Waals surface area contributed by atoms with E-state index < -0.39 is 0 Å². The second-order valence-electron chi connectivity index (χ2n) is 6.82. The van der Waals surface area contributed by atoms with Gasteiger partial charge in [-0.15, -0.1) is 10.2 Å². The van der Waals surface area contributed by atoms with Crippen LogP contribution in [0.25, 0.3) is 0 Å². The Balaban J connectivity index is 1.43. The van der Waals surface area contributed by atoms with Crippen molar-refractivity contribution in [2.24, 2.45) is 11.8 Å². The van der Waals surface area contributed by atoms with E-state index in [1.165, 1.54) is 0 Å². The van der Waals surface area contributed by atoms with E-state index in [2.05, 4.69) is 15.1 Å². The molecule has 126 valence electrons. The number of aromatic nitrogens is 3. The summed E-state index contributed by atoms with van der Waals surface area (Å²) in [6.45, 7) is 3.68. The molecular formula is C16H24N4O3. The van der Waals surface area contributed by atoms with Crippen LogP contribution in [0, 0.1) is 11.8 Å². The second-order valence-corrected chi connectivity index (χ2v) is 6.82. The molecule has 3 heterocycles. The summed E-state index contributed by atoms with van der Waals surface area (Å²) in [4.78, 5) is 15.0. The van der Waals surface area contributed by atoms with E-state index in [4.69, 9.17) is 9.47 Å². The Kier molecular flexibility index (Phi) is 4.31. The van der Waals surface area contributed by atoms with Crippen LogP contribution >= 0.6 is 0 Å². The van der Waals surface area contributed by atoms with Crippen LogP contribution in [0.3, 0.4) is 0 Å². The number of carbonyl (C=O) groups excluding carboxylic acids is 1. The van der Waals surface area contributed by atoms with Gasteiger partial charge in [0.25, 0.3) is 0 Å². The Morgan fingerprint density at radius 1 is 1.09 bits per heavy atom. The van der Waals surface area contributed by atoms with Gasteiger partial charge in [-0.05, 0) is 25.7 Å². The van der Waals surface area contributed by atoms with Gasteiger partial charge in [-0.1, -0.05) is 0 Å². The third-order valence-corrected chi connectivity index (χ3v) is 5.49. The normalized spacial score (nSPS) is 32.0. The third-order valence-electron chi connectivity index (χ3n) is 5.49. The lowest BCUT2D eigenvalue weighted by molar-refractivity contribution is -0.153. The number of morpholine rings is 1. The average Bonchev–Trinajstić information content (AvgIpc) is 3.25. The topological polar surface area (TPSA) is 69.5 Å². The van der Waals surface area contributed by atoms with E-state index in [0.29, 0.717) is 31.6 Å². The number of carbonyl (C=O) groups is 1. The molecule has 3 fully saturated rings. The summed E-state index contributed by atoms with van der Waals surface area (Å²) in [5.41, 5.74) is 0. The zero-order chi connectivity index (χ0) is 15.6. The molecule has 2 saturated heterocycles. The summed E-state index contributed by atoms with van der Waals surface area (Å²) >= 11 is 0. The fourth-order valence-electron chi connectivity index (χ4n) is 4.30. The van der Waals surface area contributed by atoms with E-state index >= 15 is 0 Å². The number of ether oxygens (including phenoxy) is 2. The van der Waals surface area contributed by atoms with Gasteiger partial charge in [0.1, 0.15) is 12.7 Å². The minimum atomic E-state index is 0.138. The zero-order valence-electron chi connectivity index (χ0n) is 13.3. The molecule has 1 amide bonds. The summed E-state index contributed by atoms with van der Waals surface area (Å²) in [6.07, 6.45) is 7.49. The standard InChI is InChI=1S/C16H24N4O3/c21-16(12-3-6-22-7-4-12)20-5-8-23-15-13(1-2-14(15)20)9-19-10-17-18-11-19/h10-15H,1-9H2/t13-,14-,15+/m0/s1. The van der Waals surface area contributed by atoms with Crippen LogP contribution in [0.2, 0.25) is 0 Å². The molecule has 23 heavy (non-hydrogen) atoms. The minimum Gasteiger partial charge on any atom is -0.381 e. The van der Waals surface area contributed by atoms with Gasteiger partial charge in [0.15, 0.2) is 0 Å². The number of rotatable bonds is 3. The fourth-order valence-corrected chi connectivity index (χ4v) is 4.30. The number of nitrogens with zero attached hydrogens (tertiary/aromatic N) is 4. The lowest BCUT2D eigenvalue weighted by Crippen LogP contribution is -2.54. The summed E-state index contributed by atoms with van der Waals surface area (Å²) in [5.74, 6) is 0.886. The summed E-state index contributed by atoms with van der Waals surface area (Å²) < 4.78 is 13.5. The van der Waals surface area contributed by atoms with Crippen LogP contribution in [0.5, 0.6) is 0 Å². The molecule has 1 saturated carbocycles. The molecular weight excluding hydrogens is 296 g/mol. The molecule has 0 aromatic carbocycles. The van der Waals surface area contributed by atoms with Gasteiger partial charge in [0.2, 0.25) is 5.91 Å². The zero-order valence-corrected chi connectivity index (χ0v) is 13.3. The lowest BCUT2D eigenvalue weighted by atomic mass is 9.96. The van der Waals surface area contributed by atoms with Crippen LogP contribution in [0.4, 0.5) is 0 Å². The molecule has 7 nitrogen and oxygen atoms in total. The fraction of sp³-hybridized carbons (Fsp3) is 0.812. The van der Waals surface area contributed by atoms with E-state index in [9.17, 15) is 4.79 Å². The van der Waals surface area contributed by atoms with E-state index in [1.54, 1.807) is 12.7 Å². The van der Waals surface area contributed by atoms with E-state index in [-0.39, 0.29) is 18.1 Å². The maximum atomic E-state index is 12.9. The maximum Gasteiger partial charge on any atom is 0.226 e. The molecule has 7 heteroatoms. The van der Waals surface area contributed by atoms with Crippen LogP contribution < -0.4 is 0 Å². The molecule has 0 unspecified atom stereocenters. The Labute approximate surface area is 135 Å². The van der Waals surface area contributed by atoms with Crippen molar-refractivity contribution in [1.82, 2.24) is 19.7 Å². The summed E-state index contributed by atoms with van der Waals surface area (Å²) in [5, 5.41) is 7.74. The van der Waals surface area contributed by atoms with Crippen molar-refractivity contribution in [2.75, 3.05) is 26.4 Å². The van der Waals surface area contributed by atoms with E-state index in [1.807, 2.05) is 4.57 Å². The Hall–Kier alpha value is -1.47. The van der Waals surface area contributed by atoms with Gasteiger partial charge in [-0.3, -0.25) is 4.79 Å². The predicted octanol–water partition coefficient (Wildman–Crippen LogP) is 0.711. The third kappa shape index (κ3) is 2.99. The van der Waals surface area contributed by atoms with Crippen LogP contribution in [0.1, 0.15) is 25.7 Å². The highest BCUT2D eigenvalue weighted by Crippen LogP contribution is 2.36. The maximum absolute atomic E-state index is 12.9. The molecule has 1 aromatic heterocycles. The number of amides is 1. The monoisotopic (exact) mass is 320 g/mol. The molecule has 1 aromatic rings. The molecule has 2 aliphatic heterocycles. The van der Waals surface area contributed by atoms with Gasteiger partial charge in [-0.2, -0.15) is 0 Å². The van der Waals surface area contributed by atoms with Gasteiger partial charge in [0.05, 0.1) is 18.8 Å². The average molecular weight is 320 g/mol. The molecule has 0 N–H and O–H groups in total. The van der Waals surface area contributed by atoms with Crippen LogP contribution in [-0.2, 0) is 20.8 Å². The number of hydrogen-bond donors (Lipinski definition) is 0. The molecule has 3 aliphatic rings. The van der Waals surface area contributed by atoms with Crippen molar-refractivity contribution in [3.8, 4) is 0 Å². The van der Waals surface area contributed by atoms with Crippen LogP contribution in [0.15, 0.2) is 12.7 Å². The minimum absolute atomic E-state index is 0.138. The number of hydrogen-bond acceptors (Lipinski definition) is 5. The molecule has 1 aliphatic carbocycles. The van der Waals surface area contributed by atoms with Crippen molar-refractivity contribution in [2.45, 2.75) is 44.4 Å². The smallest absolute Gasteiger partial charge is 0.226 e. The Morgan fingerprint density at radius 2 is 1.87 bits per heavy atom. The first-order chi connectivity index (χ1) is 11.3. The molecule has 0 spiro atoms. The molecule has 0 radical (unpaired) electrons. The van der Waals surface area contributed by atoms with Gasteiger partial charge >= 0.3 is 0 Å². The van der Waals surface area contributed by atoms with Crippen molar-refractivity contribution in [1.29, 1.82) is 0 Å². The van der Waals surface area contributed by atoms with Crippen molar-refractivity contribution in [3.63, 3.8) is 0 Å². The highest BCUT2D eigenvalue weighted by Gasteiger charge is 2.45. The van der Waals surface area contributed by atoms with Crippen molar-refractivity contribution in [3.05, 3.63) is 12.7 Å². The second kappa shape index (κ2) is 6.57. The predicted molar refractivity (Wildman–Crippen MR) is 81.5 cm³/mol. The number of fused-ring (bicyclic) bond motifs is 1. The first-order valence-electron chi connectivity index (χ1n) is 8.65. The highest BCUT2D eigenvalue weighted by atomic mass is 16.5. The van der Waals surface area contributed by atoms with Crippen molar-refractivity contribution < 1.29 is 14.3 Å². The SMILES string of the molecule is O=C(C1CCOCC1)N1CCO[C@@H]2[C@H](Cn3cnnc3)CC[C@@H]21. The molecule has 0 bridgehead atoms. The van der Waals surface area contributed by atoms with Crippen molar-refractivity contribution >= 4 is 5.91 Å². The summed E-state index contributed by atoms with van der Waals surface area (Å²) in [6, 6.07) is 0.237.